The first-order valence-electron chi connectivity index (χ1n) is 7.24. The predicted molar refractivity (Wildman–Crippen MR) is 83.9 cm³/mol. The molecule has 0 aliphatic heterocycles. The summed E-state index contributed by atoms with van der Waals surface area (Å²) in [6.45, 7) is 3.82. The van der Waals surface area contributed by atoms with E-state index in [1.165, 1.54) is 19.3 Å². The highest BCUT2D eigenvalue weighted by Gasteiger charge is 2.29. The van der Waals surface area contributed by atoms with Crippen molar-refractivity contribution in [3.05, 3.63) is 0 Å². The minimum atomic E-state index is -3.33. The van der Waals surface area contributed by atoms with Crippen LogP contribution in [0.3, 0.4) is 0 Å². The van der Waals surface area contributed by atoms with Crippen LogP contribution in [0.15, 0.2) is 4.90 Å². The number of rotatable bonds is 5. The van der Waals surface area contributed by atoms with E-state index in [9.17, 15) is 8.42 Å². The third-order valence-electron chi connectivity index (χ3n) is 4.12. The molecule has 114 valence electrons. The van der Waals surface area contributed by atoms with Crippen LogP contribution in [0.5, 0.6) is 0 Å². The molecule has 5 nitrogen and oxygen atoms in total. The highest BCUT2D eigenvalue weighted by molar-refractivity contribution is 7.91. The molecular weight excluding hydrogens is 294 g/mol. The summed E-state index contributed by atoms with van der Waals surface area (Å²) in [6, 6.07) is 0.333. The zero-order valence-corrected chi connectivity index (χ0v) is 13.7. The van der Waals surface area contributed by atoms with Gasteiger partial charge in [0, 0.05) is 6.04 Å². The van der Waals surface area contributed by atoms with E-state index in [0.717, 1.165) is 24.4 Å². The lowest BCUT2D eigenvalue weighted by Gasteiger charge is -2.31. The average molecular weight is 317 g/mol. The summed E-state index contributed by atoms with van der Waals surface area (Å²) in [5.74, 6) is 0.777. The van der Waals surface area contributed by atoms with E-state index in [2.05, 4.69) is 16.6 Å². The first-order valence-corrected chi connectivity index (χ1v) is 9.66. The van der Waals surface area contributed by atoms with Gasteiger partial charge in [0.05, 0.1) is 5.75 Å². The fourth-order valence-corrected chi connectivity index (χ4v) is 5.10. The van der Waals surface area contributed by atoms with Gasteiger partial charge in [0.15, 0.2) is 15.7 Å². The summed E-state index contributed by atoms with van der Waals surface area (Å²) in [4.78, 5) is 0.199. The molecule has 1 heterocycles. The zero-order chi connectivity index (χ0) is 14.8. The van der Waals surface area contributed by atoms with Gasteiger partial charge in [-0.2, -0.15) is 4.37 Å². The number of sulfone groups is 1. The van der Waals surface area contributed by atoms with E-state index in [0.29, 0.717) is 17.0 Å². The molecule has 0 radical (unpaired) electrons. The Morgan fingerprint density at radius 3 is 2.70 bits per heavy atom. The Hall–Kier alpha value is -0.820. The molecular formula is C13H23N3O2S2. The second kappa shape index (κ2) is 6.30. The third-order valence-corrected chi connectivity index (χ3v) is 6.83. The summed E-state index contributed by atoms with van der Waals surface area (Å²) in [5, 5.41) is 4.03. The van der Waals surface area contributed by atoms with Crippen LogP contribution in [-0.4, -0.2) is 24.6 Å². The van der Waals surface area contributed by atoms with Crippen LogP contribution in [0.1, 0.15) is 46.0 Å². The number of anilines is 2. The fourth-order valence-electron chi connectivity index (χ4n) is 2.89. The summed E-state index contributed by atoms with van der Waals surface area (Å²) >= 11 is 1.16. The molecule has 3 N–H and O–H groups in total. The van der Waals surface area contributed by atoms with E-state index in [1.807, 2.05) is 0 Å². The molecule has 1 saturated carbocycles. The highest BCUT2D eigenvalue weighted by atomic mass is 32.2. The van der Waals surface area contributed by atoms with Gasteiger partial charge in [-0.05, 0) is 30.3 Å². The maximum Gasteiger partial charge on any atom is 0.184 e. The van der Waals surface area contributed by atoms with Crippen molar-refractivity contribution in [2.24, 2.45) is 5.92 Å². The molecule has 1 aromatic rings. The summed E-state index contributed by atoms with van der Waals surface area (Å²) in [6.07, 6.45) is 5.86. The molecule has 1 fully saturated rings. The van der Waals surface area contributed by atoms with Crippen molar-refractivity contribution in [1.82, 2.24) is 4.37 Å². The highest BCUT2D eigenvalue weighted by Crippen LogP contribution is 2.36. The minimum Gasteiger partial charge on any atom is -0.382 e. The quantitative estimate of drug-likeness (QED) is 0.872. The standard InChI is InChI=1S/C13H23N3O2S2/c1-3-9-7-5-6-8-10(9)15-13-11(12(14)16-19-13)20(17,18)4-2/h9-10,15H,3-8H2,1-2H3,(H2,14,16). The average Bonchev–Trinajstić information content (AvgIpc) is 2.81. The van der Waals surface area contributed by atoms with Gasteiger partial charge >= 0.3 is 0 Å². The van der Waals surface area contributed by atoms with Crippen molar-refractivity contribution in [1.29, 1.82) is 0 Å². The van der Waals surface area contributed by atoms with Crippen LogP contribution in [0.25, 0.3) is 0 Å². The molecule has 0 saturated heterocycles. The Kier molecular flexibility index (Phi) is 4.90. The van der Waals surface area contributed by atoms with Crippen LogP contribution in [0.4, 0.5) is 10.8 Å². The number of hydrogen-bond acceptors (Lipinski definition) is 6. The molecule has 7 heteroatoms. The van der Waals surface area contributed by atoms with Gasteiger partial charge in [0.1, 0.15) is 9.90 Å². The van der Waals surface area contributed by atoms with E-state index in [4.69, 9.17) is 5.73 Å². The van der Waals surface area contributed by atoms with E-state index in [1.54, 1.807) is 6.92 Å². The Bertz CT molecular complexity index is 554. The molecule has 0 spiro atoms. The lowest BCUT2D eigenvalue weighted by Crippen LogP contribution is -2.32. The Balaban J connectivity index is 2.26. The summed E-state index contributed by atoms with van der Waals surface area (Å²) in [5.41, 5.74) is 5.76. The smallest absolute Gasteiger partial charge is 0.184 e. The van der Waals surface area contributed by atoms with Crippen molar-refractivity contribution < 1.29 is 8.42 Å². The fraction of sp³-hybridized carbons (Fsp3) is 0.769. The van der Waals surface area contributed by atoms with Gasteiger partial charge in [-0.15, -0.1) is 0 Å². The molecule has 1 aliphatic rings. The molecule has 0 amide bonds. The SMILES string of the molecule is CCC1CCCCC1Nc1snc(N)c1S(=O)(=O)CC. The maximum absolute atomic E-state index is 12.1. The number of hydrogen-bond donors (Lipinski definition) is 2. The first-order chi connectivity index (χ1) is 9.49. The van der Waals surface area contributed by atoms with Crippen molar-refractivity contribution >= 4 is 32.2 Å². The molecule has 0 aromatic carbocycles. The van der Waals surface area contributed by atoms with Gasteiger partial charge in [-0.25, -0.2) is 8.42 Å². The Labute approximate surface area is 125 Å². The number of nitrogen functional groups attached to an aromatic ring is 1. The van der Waals surface area contributed by atoms with E-state index >= 15 is 0 Å². The first kappa shape index (κ1) is 15.6. The largest absolute Gasteiger partial charge is 0.382 e. The topological polar surface area (TPSA) is 85.1 Å². The van der Waals surface area contributed by atoms with Crippen LogP contribution in [-0.2, 0) is 9.84 Å². The maximum atomic E-state index is 12.1. The zero-order valence-electron chi connectivity index (χ0n) is 12.1. The Morgan fingerprint density at radius 1 is 1.35 bits per heavy atom. The number of nitrogens with two attached hydrogens (primary N) is 1. The minimum absolute atomic E-state index is 0.0478. The second-order valence-electron chi connectivity index (χ2n) is 5.33. The summed E-state index contributed by atoms with van der Waals surface area (Å²) < 4.78 is 28.3. The van der Waals surface area contributed by atoms with Gasteiger partial charge in [0.2, 0.25) is 0 Å². The van der Waals surface area contributed by atoms with Crippen LogP contribution < -0.4 is 11.1 Å². The van der Waals surface area contributed by atoms with Crippen LogP contribution in [0, 0.1) is 5.92 Å². The molecule has 1 aliphatic carbocycles. The molecule has 1 aromatic heterocycles. The normalized spacial score (nSPS) is 23.7. The van der Waals surface area contributed by atoms with Crippen LogP contribution >= 0.6 is 11.5 Å². The summed E-state index contributed by atoms with van der Waals surface area (Å²) in [7, 11) is -3.33. The van der Waals surface area contributed by atoms with Crippen LogP contribution in [0.2, 0.25) is 0 Å². The van der Waals surface area contributed by atoms with Crippen molar-refractivity contribution in [3.8, 4) is 0 Å². The van der Waals surface area contributed by atoms with E-state index in [-0.39, 0.29) is 16.5 Å². The second-order valence-corrected chi connectivity index (χ2v) is 8.32. The van der Waals surface area contributed by atoms with Gasteiger partial charge in [-0.3, -0.25) is 0 Å². The van der Waals surface area contributed by atoms with E-state index < -0.39 is 9.84 Å². The van der Waals surface area contributed by atoms with Crippen molar-refractivity contribution in [2.75, 3.05) is 16.8 Å². The number of nitrogens with one attached hydrogen (secondary N) is 1. The van der Waals surface area contributed by atoms with Gasteiger partial charge in [0.25, 0.3) is 0 Å². The monoisotopic (exact) mass is 317 g/mol. The molecule has 20 heavy (non-hydrogen) atoms. The molecule has 2 unspecified atom stereocenters. The molecule has 0 bridgehead atoms. The lowest BCUT2D eigenvalue weighted by atomic mass is 9.83. The van der Waals surface area contributed by atoms with Gasteiger partial charge < -0.3 is 11.1 Å². The van der Waals surface area contributed by atoms with Gasteiger partial charge in [-0.1, -0.05) is 33.1 Å². The van der Waals surface area contributed by atoms with Crippen molar-refractivity contribution in [2.45, 2.75) is 56.9 Å². The Morgan fingerprint density at radius 2 is 2.05 bits per heavy atom. The number of nitrogens with zero attached hydrogens (tertiary/aromatic N) is 1. The lowest BCUT2D eigenvalue weighted by molar-refractivity contribution is 0.317. The third kappa shape index (κ3) is 3.09. The van der Waals surface area contributed by atoms with Crippen molar-refractivity contribution in [3.63, 3.8) is 0 Å². The molecule has 2 rings (SSSR count). The number of aromatic nitrogens is 1. The predicted octanol–water partition coefficient (Wildman–Crippen LogP) is 2.90. The molecule has 2 atom stereocenters.